The molecule has 1 fully saturated rings. The molecule has 13 nitrogen and oxygen atoms in total. The molecule has 2 aromatic heterocycles. The molecule has 13 heteroatoms. The van der Waals surface area contributed by atoms with Gasteiger partial charge in [0.05, 0.1) is 49.2 Å². The predicted molar refractivity (Wildman–Crippen MR) is 195 cm³/mol. The van der Waals surface area contributed by atoms with E-state index in [2.05, 4.69) is 56.6 Å². The largest absolute Gasteiger partial charge is 0.453 e. The first-order chi connectivity index (χ1) is 24.5. The molecular formula is C38H48N8O5. The summed E-state index contributed by atoms with van der Waals surface area (Å²) in [6, 6.07) is 12.8. The third-order valence-electron chi connectivity index (χ3n) is 9.23. The Morgan fingerprint density at radius 1 is 0.922 bits per heavy atom. The van der Waals surface area contributed by atoms with Crippen LogP contribution >= 0.6 is 0 Å². The van der Waals surface area contributed by atoms with Gasteiger partial charge in [-0.3, -0.25) is 4.79 Å². The lowest BCUT2D eigenvalue weighted by atomic mass is 10.0. The number of alkyl carbamates (subject to hydrolysis) is 2. The Morgan fingerprint density at radius 2 is 1.61 bits per heavy atom. The molecule has 2 aromatic carbocycles. The number of ether oxygens (including phenoxy) is 2. The number of methoxy groups -OCH3 is 2. The smallest absolute Gasteiger partial charge is 0.407 e. The average molecular weight is 697 g/mol. The molecule has 5 rings (SSSR count). The molecule has 0 radical (unpaired) electrons. The van der Waals surface area contributed by atoms with Crippen molar-refractivity contribution in [1.82, 2.24) is 40.8 Å². The number of carbonyl (C=O) groups is 3. The van der Waals surface area contributed by atoms with E-state index in [-0.39, 0.29) is 35.9 Å². The Labute approximate surface area is 298 Å². The van der Waals surface area contributed by atoms with E-state index >= 15 is 0 Å². The number of fused-ring (bicyclic) bond motifs is 1. The van der Waals surface area contributed by atoms with Gasteiger partial charge in [0.1, 0.15) is 17.7 Å². The molecule has 0 aliphatic carbocycles. The van der Waals surface area contributed by atoms with Crippen LogP contribution in [0, 0.1) is 23.7 Å². The summed E-state index contributed by atoms with van der Waals surface area (Å²) in [7, 11) is 2.65. The van der Waals surface area contributed by atoms with Crippen LogP contribution in [0.25, 0.3) is 22.3 Å². The zero-order valence-electron chi connectivity index (χ0n) is 30.3. The van der Waals surface area contributed by atoms with E-state index in [1.807, 2.05) is 63.2 Å². The van der Waals surface area contributed by atoms with Crippen molar-refractivity contribution in [3.63, 3.8) is 0 Å². The monoisotopic (exact) mass is 696 g/mol. The van der Waals surface area contributed by atoms with Gasteiger partial charge in [0.2, 0.25) is 5.91 Å². The van der Waals surface area contributed by atoms with Crippen molar-refractivity contribution in [2.45, 2.75) is 71.6 Å². The fourth-order valence-electron chi connectivity index (χ4n) is 6.10. The van der Waals surface area contributed by atoms with Crippen molar-refractivity contribution in [1.29, 1.82) is 0 Å². The van der Waals surface area contributed by atoms with E-state index in [9.17, 15) is 14.4 Å². The second-order valence-electron chi connectivity index (χ2n) is 13.5. The van der Waals surface area contributed by atoms with Crippen LogP contribution in [0.3, 0.4) is 0 Å². The molecule has 1 aliphatic rings. The maximum absolute atomic E-state index is 13.5. The predicted octanol–water partition coefficient (Wildman–Crippen LogP) is 5.43. The van der Waals surface area contributed by atoms with Crippen LogP contribution < -0.4 is 16.0 Å². The van der Waals surface area contributed by atoms with Gasteiger partial charge < -0.3 is 40.3 Å². The molecule has 1 aliphatic heterocycles. The van der Waals surface area contributed by atoms with Crippen molar-refractivity contribution in [2.75, 3.05) is 27.3 Å². The number of aromatic amines is 2. The molecule has 0 saturated carbocycles. The van der Waals surface area contributed by atoms with Gasteiger partial charge in [-0.05, 0) is 67.5 Å². The minimum Gasteiger partial charge on any atom is -0.453 e. The Bertz CT molecular complexity index is 1890. The highest BCUT2D eigenvalue weighted by Gasteiger charge is 2.37. The summed E-state index contributed by atoms with van der Waals surface area (Å²) in [4.78, 5) is 55.1. The molecule has 4 aromatic rings. The van der Waals surface area contributed by atoms with Crippen LogP contribution in [0.5, 0.6) is 0 Å². The number of amides is 3. The number of nitrogens with one attached hydrogen (secondary N) is 5. The molecule has 4 unspecified atom stereocenters. The first kappa shape index (κ1) is 36.9. The molecule has 270 valence electrons. The number of aromatic nitrogens is 4. The average Bonchev–Trinajstić information content (AvgIpc) is 3.90. The summed E-state index contributed by atoms with van der Waals surface area (Å²) in [6.07, 6.45) is 2.35. The lowest BCUT2D eigenvalue weighted by molar-refractivity contribution is -0.135. The van der Waals surface area contributed by atoms with Crippen LogP contribution in [0.4, 0.5) is 9.59 Å². The summed E-state index contributed by atoms with van der Waals surface area (Å²) >= 11 is 0. The van der Waals surface area contributed by atoms with Gasteiger partial charge in [-0.15, -0.1) is 0 Å². The molecular weight excluding hydrogens is 648 g/mol. The minimum atomic E-state index is -0.682. The van der Waals surface area contributed by atoms with Gasteiger partial charge in [-0.1, -0.05) is 51.7 Å². The third-order valence-corrected chi connectivity index (χ3v) is 9.23. The van der Waals surface area contributed by atoms with E-state index < -0.39 is 18.2 Å². The first-order valence-electron chi connectivity index (χ1n) is 17.4. The quantitative estimate of drug-likeness (QED) is 0.130. The summed E-state index contributed by atoms with van der Waals surface area (Å²) in [6.45, 7) is 11.1. The second kappa shape index (κ2) is 16.6. The zero-order chi connectivity index (χ0) is 36.7. The van der Waals surface area contributed by atoms with Gasteiger partial charge >= 0.3 is 12.2 Å². The molecule has 51 heavy (non-hydrogen) atoms. The number of carbonyl (C=O) groups excluding carboxylic acids is 3. The number of imidazole rings is 2. The maximum atomic E-state index is 13.5. The van der Waals surface area contributed by atoms with E-state index in [0.29, 0.717) is 13.1 Å². The Kier molecular flexibility index (Phi) is 12.0. The summed E-state index contributed by atoms with van der Waals surface area (Å²) in [5.41, 5.74) is 5.28. The van der Waals surface area contributed by atoms with Crippen molar-refractivity contribution in [2.24, 2.45) is 11.8 Å². The number of nitrogens with zero attached hydrogens (tertiary/aromatic N) is 3. The summed E-state index contributed by atoms with van der Waals surface area (Å²) in [5.74, 6) is 8.02. The Morgan fingerprint density at radius 3 is 2.29 bits per heavy atom. The summed E-state index contributed by atoms with van der Waals surface area (Å²) in [5, 5.41) is 9.02. The van der Waals surface area contributed by atoms with E-state index in [4.69, 9.17) is 14.5 Å². The fraction of sp³-hybridized carbons (Fsp3) is 0.447. The second-order valence-corrected chi connectivity index (χ2v) is 13.5. The fourth-order valence-corrected chi connectivity index (χ4v) is 6.10. The highest BCUT2D eigenvalue weighted by atomic mass is 16.5. The lowest BCUT2D eigenvalue weighted by Gasteiger charge is -2.30. The molecule has 5 N–H and O–H groups in total. The van der Waals surface area contributed by atoms with Gasteiger partial charge in [-0.25, -0.2) is 19.6 Å². The number of hydrogen-bond acceptors (Lipinski definition) is 8. The number of hydrogen-bond donors (Lipinski definition) is 5. The van der Waals surface area contributed by atoms with Gasteiger partial charge in [0, 0.05) is 30.3 Å². The van der Waals surface area contributed by atoms with Crippen LogP contribution in [0.2, 0.25) is 0 Å². The minimum absolute atomic E-state index is 0.0655. The van der Waals surface area contributed by atoms with Crippen molar-refractivity contribution in [3.8, 4) is 23.1 Å². The van der Waals surface area contributed by atoms with Crippen LogP contribution in [0.1, 0.15) is 82.3 Å². The molecule has 0 spiro atoms. The van der Waals surface area contributed by atoms with Crippen molar-refractivity contribution in [3.05, 3.63) is 71.4 Å². The highest BCUT2D eigenvalue weighted by Crippen LogP contribution is 2.32. The molecule has 1 saturated heterocycles. The highest BCUT2D eigenvalue weighted by molar-refractivity contribution is 5.86. The first-order valence-corrected chi connectivity index (χ1v) is 17.4. The van der Waals surface area contributed by atoms with Crippen LogP contribution in [-0.4, -0.2) is 82.3 Å². The maximum Gasteiger partial charge on any atom is 0.407 e. The van der Waals surface area contributed by atoms with Crippen molar-refractivity contribution >= 4 is 29.1 Å². The number of H-pyrrole nitrogens is 2. The normalized spacial score (nSPS) is 16.0. The standard InChI is InChI=1S/C38H48N8O5/c1-22(2)30(44-37(48)50-6)20-39-24(5)34-41-28-17-14-26(19-29(28)42-34)11-10-25-12-15-27(16-13-25)31-21-40-35(43-31)32-9-8-18-46(32)36(47)33(23(3)4)45-38(49)51-7/h12-17,19,21-24,30,32-33,39H,8-9,18,20H2,1-7H3,(H,40,43)(H,41,42)(H,44,48)(H,45,49). The number of benzene rings is 2. The number of likely N-dealkylation sites (tertiary alicyclic amines) is 1. The van der Waals surface area contributed by atoms with Gasteiger partial charge in [-0.2, -0.15) is 0 Å². The molecule has 3 amide bonds. The van der Waals surface area contributed by atoms with Crippen molar-refractivity contribution < 1.29 is 23.9 Å². The SMILES string of the molecule is COC(=O)NC(CNC(C)c1nc2ccc(C#Cc3ccc(-c4cnc(C5CCCN5C(=O)C(NC(=O)OC)C(C)C)[nH]4)cc3)cc2[nH]1)C(C)C. The van der Waals surface area contributed by atoms with E-state index in [1.165, 1.54) is 14.2 Å². The third kappa shape index (κ3) is 9.07. The van der Waals surface area contributed by atoms with Gasteiger partial charge in [0.15, 0.2) is 0 Å². The summed E-state index contributed by atoms with van der Waals surface area (Å²) < 4.78 is 9.50. The molecule has 0 bridgehead atoms. The zero-order valence-corrected chi connectivity index (χ0v) is 30.3. The van der Waals surface area contributed by atoms with Crippen LogP contribution in [0.15, 0.2) is 48.7 Å². The topological polar surface area (TPSA) is 166 Å². The Balaban J connectivity index is 1.22. The van der Waals surface area contributed by atoms with E-state index in [0.717, 1.165) is 57.9 Å². The lowest BCUT2D eigenvalue weighted by Crippen LogP contribution is -2.51. The molecule has 4 atom stereocenters. The Hall–Kier alpha value is -5.35. The number of rotatable bonds is 11. The van der Waals surface area contributed by atoms with Crippen LogP contribution in [-0.2, 0) is 14.3 Å². The van der Waals surface area contributed by atoms with E-state index in [1.54, 1.807) is 11.1 Å². The van der Waals surface area contributed by atoms with Gasteiger partial charge in [0.25, 0.3) is 0 Å². The molecule has 3 heterocycles.